The molecule has 9 heteroatoms. The van der Waals surface area contributed by atoms with Crippen LogP contribution in [-0.2, 0) is 0 Å². The summed E-state index contributed by atoms with van der Waals surface area (Å²) in [6.45, 7) is 2.89. The van der Waals surface area contributed by atoms with Gasteiger partial charge in [-0.15, -0.1) is 0 Å². The Balaban J connectivity index is 1.74. The van der Waals surface area contributed by atoms with Crippen LogP contribution >= 0.6 is 0 Å². The predicted octanol–water partition coefficient (Wildman–Crippen LogP) is 2.31. The number of nitrogens with zero attached hydrogens (tertiary/aromatic N) is 4. The molecule has 0 aliphatic carbocycles. The Labute approximate surface area is 139 Å². The molecule has 3 heterocycles. The van der Waals surface area contributed by atoms with Crippen LogP contribution in [0, 0.1) is 17.0 Å². The summed E-state index contributed by atoms with van der Waals surface area (Å²) in [5.74, 6) is 0.842. The van der Waals surface area contributed by atoms with Crippen molar-refractivity contribution in [1.82, 2.24) is 20.3 Å². The van der Waals surface area contributed by atoms with Crippen LogP contribution in [-0.4, -0.2) is 39.5 Å². The van der Waals surface area contributed by atoms with Gasteiger partial charge in [-0.1, -0.05) is 0 Å². The van der Waals surface area contributed by atoms with Crippen LogP contribution in [0.4, 0.5) is 11.7 Å². The van der Waals surface area contributed by atoms with Crippen LogP contribution in [0.15, 0.2) is 22.6 Å². The zero-order chi connectivity index (χ0) is 17.1. The van der Waals surface area contributed by atoms with E-state index >= 15 is 0 Å². The number of rotatable bonds is 5. The number of aryl methyl sites for hydroxylation is 1. The maximum Gasteiger partial charge on any atom is 0.433 e. The van der Waals surface area contributed by atoms with Crippen LogP contribution in [0.1, 0.15) is 25.0 Å². The quantitative estimate of drug-likeness (QED) is 0.634. The van der Waals surface area contributed by atoms with Crippen LogP contribution in [0.5, 0.6) is 0 Å². The van der Waals surface area contributed by atoms with E-state index in [0.717, 1.165) is 18.7 Å². The molecule has 0 saturated carbocycles. The number of aromatic nitrogens is 2. The first-order valence-electron chi connectivity index (χ1n) is 7.85. The molecule has 1 aliphatic rings. The average Bonchev–Trinajstić information content (AvgIpc) is 3.04. The van der Waals surface area contributed by atoms with Crippen molar-refractivity contribution in [3.8, 4) is 11.6 Å². The molecule has 2 aromatic heterocycles. The van der Waals surface area contributed by atoms with Gasteiger partial charge in [0.2, 0.25) is 0 Å². The summed E-state index contributed by atoms with van der Waals surface area (Å²) < 4.78 is 5.17. The van der Waals surface area contributed by atoms with E-state index in [0.29, 0.717) is 11.6 Å². The highest BCUT2D eigenvalue weighted by Gasteiger charge is 2.19. The fourth-order valence-corrected chi connectivity index (χ4v) is 2.70. The molecule has 0 radical (unpaired) electrons. The van der Waals surface area contributed by atoms with Gasteiger partial charge in [-0.3, -0.25) is 15.0 Å². The maximum absolute atomic E-state index is 10.7. The fraction of sp³-hybridized carbons (Fsp3) is 0.467. The molecule has 9 nitrogen and oxygen atoms in total. The van der Waals surface area contributed by atoms with E-state index in [1.54, 1.807) is 6.07 Å². The van der Waals surface area contributed by atoms with E-state index in [2.05, 4.69) is 32.8 Å². The molecule has 2 aromatic rings. The molecule has 128 valence electrons. The van der Waals surface area contributed by atoms with E-state index in [9.17, 15) is 10.1 Å². The second kappa shape index (κ2) is 6.93. The minimum atomic E-state index is -0.584. The monoisotopic (exact) mass is 332 g/mol. The predicted molar refractivity (Wildman–Crippen MR) is 88.2 cm³/mol. The van der Waals surface area contributed by atoms with Gasteiger partial charge in [0, 0.05) is 11.8 Å². The third kappa shape index (κ3) is 3.69. The number of hydrogen-bond donors (Lipinski definition) is 2. The van der Waals surface area contributed by atoms with Crippen molar-refractivity contribution in [1.29, 1.82) is 0 Å². The first kappa shape index (κ1) is 16.3. The minimum Gasteiger partial charge on any atom is -0.397 e. The molecule has 1 atom stereocenters. The molecule has 0 bridgehead atoms. The lowest BCUT2D eigenvalue weighted by Crippen LogP contribution is -2.48. The highest BCUT2D eigenvalue weighted by atomic mass is 16.6. The smallest absolute Gasteiger partial charge is 0.397 e. The molecule has 3 rings (SSSR count). The summed E-state index contributed by atoms with van der Waals surface area (Å²) in [4.78, 5) is 21.0. The molecule has 1 aliphatic heterocycles. The zero-order valence-corrected chi connectivity index (χ0v) is 13.7. The van der Waals surface area contributed by atoms with E-state index in [1.807, 2.05) is 6.92 Å². The SMILES string of the molecule is Cc1cc(NNC2CCCCN2C)nc(-c2ccc([N+](=O)[O-])o2)n1. The van der Waals surface area contributed by atoms with Gasteiger partial charge < -0.3 is 9.84 Å². The Hall–Kier alpha value is -2.52. The lowest BCUT2D eigenvalue weighted by atomic mass is 10.1. The Kier molecular flexibility index (Phi) is 4.72. The molecule has 1 fully saturated rings. The number of likely N-dealkylation sites (tertiary alicyclic amines) is 1. The van der Waals surface area contributed by atoms with Crippen molar-refractivity contribution < 1.29 is 9.34 Å². The van der Waals surface area contributed by atoms with Gasteiger partial charge in [0.1, 0.15) is 10.7 Å². The fourth-order valence-electron chi connectivity index (χ4n) is 2.70. The zero-order valence-electron chi connectivity index (χ0n) is 13.7. The summed E-state index contributed by atoms with van der Waals surface area (Å²) in [7, 11) is 2.08. The van der Waals surface area contributed by atoms with Crippen molar-refractivity contribution in [2.24, 2.45) is 0 Å². The largest absolute Gasteiger partial charge is 0.433 e. The first-order chi connectivity index (χ1) is 11.5. The number of furan rings is 1. The van der Waals surface area contributed by atoms with E-state index in [-0.39, 0.29) is 17.8 Å². The first-order valence-corrected chi connectivity index (χ1v) is 7.85. The third-order valence-corrected chi connectivity index (χ3v) is 3.98. The second-order valence-corrected chi connectivity index (χ2v) is 5.87. The van der Waals surface area contributed by atoms with Gasteiger partial charge in [-0.25, -0.2) is 15.4 Å². The van der Waals surface area contributed by atoms with E-state index in [1.165, 1.54) is 25.0 Å². The summed E-state index contributed by atoms with van der Waals surface area (Å²) in [6.07, 6.45) is 3.70. The molecule has 0 aromatic carbocycles. The molecule has 2 N–H and O–H groups in total. The number of hydrazine groups is 1. The van der Waals surface area contributed by atoms with Gasteiger partial charge in [0.05, 0.1) is 12.2 Å². The lowest BCUT2D eigenvalue weighted by molar-refractivity contribution is -0.401. The van der Waals surface area contributed by atoms with Crippen molar-refractivity contribution >= 4 is 11.7 Å². The van der Waals surface area contributed by atoms with Crippen LogP contribution in [0.3, 0.4) is 0 Å². The molecule has 1 unspecified atom stereocenters. The average molecular weight is 332 g/mol. The summed E-state index contributed by atoms with van der Waals surface area (Å²) in [6, 6.07) is 4.60. The van der Waals surface area contributed by atoms with E-state index < -0.39 is 4.92 Å². The molecule has 0 spiro atoms. The number of nitro groups is 1. The lowest BCUT2D eigenvalue weighted by Gasteiger charge is -2.33. The highest BCUT2D eigenvalue weighted by molar-refractivity contribution is 5.52. The van der Waals surface area contributed by atoms with Crippen LogP contribution < -0.4 is 10.9 Å². The summed E-state index contributed by atoms with van der Waals surface area (Å²) >= 11 is 0. The molecular formula is C15H20N6O3. The van der Waals surface area contributed by atoms with Crippen molar-refractivity contribution in [2.45, 2.75) is 32.4 Å². The maximum atomic E-state index is 10.7. The number of piperidine rings is 1. The Bertz CT molecular complexity index is 732. The number of hydrogen-bond acceptors (Lipinski definition) is 8. The third-order valence-electron chi connectivity index (χ3n) is 3.98. The Morgan fingerprint density at radius 3 is 2.92 bits per heavy atom. The Morgan fingerprint density at radius 1 is 1.38 bits per heavy atom. The van der Waals surface area contributed by atoms with Gasteiger partial charge in [-0.05, 0) is 45.8 Å². The highest BCUT2D eigenvalue weighted by Crippen LogP contribution is 2.24. The number of anilines is 1. The molecule has 1 saturated heterocycles. The van der Waals surface area contributed by atoms with Crippen molar-refractivity contribution in [3.63, 3.8) is 0 Å². The molecule has 0 amide bonds. The standard InChI is InChI=1S/C15H20N6O3/c1-10-9-12(18-19-13-5-3-4-8-20(13)2)17-15(16-10)11-6-7-14(24-11)21(22)23/h6-7,9,13,19H,3-5,8H2,1-2H3,(H,16,17,18). The molecule has 24 heavy (non-hydrogen) atoms. The van der Waals surface area contributed by atoms with Gasteiger partial charge in [-0.2, -0.15) is 0 Å². The topological polar surface area (TPSA) is 109 Å². The van der Waals surface area contributed by atoms with Crippen molar-refractivity contribution in [3.05, 3.63) is 34.0 Å². The van der Waals surface area contributed by atoms with Crippen LogP contribution in [0.2, 0.25) is 0 Å². The van der Waals surface area contributed by atoms with Crippen molar-refractivity contribution in [2.75, 3.05) is 19.0 Å². The second-order valence-electron chi connectivity index (χ2n) is 5.87. The summed E-state index contributed by atoms with van der Waals surface area (Å²) in [5, 5.41) is 10.7. The normalized spacial score (nSPS) is 18.5. The van der Waals surface area contributed by atoms with Crippen LogP contribution in [0.25, 0.3) is 11.6 Å². The van der Waals surface area contributed by atoms with Gasteiger partial charge >= 0.3 is 5.88 Å². The Morgan fingerprint density at radius 2 is 2.21 bits per heavy atom. The molecular weight excluding hydrogens is 312 g/mol. The van der Waals surface area contributed by atoms with Gasteiger partial charge in [0.15, 0.2) is 11.6 Å². The van der Waals surface area contributed by atoms with Gasteiger partial charge in [0.25, 0.3) is 0 Å². The minimum absolute atomic E-state index is 0.238. The number of nitrogens with one attached hydrogen (secondary N) is 2. The summed E-state index contributed by atoms with van der Waals surface area (Å²) in [5.41, 5.74) is 7.11. The van der Waals surface area contributed by atoms with E-state index in [4.69, 9.17) is 4.42 Å².